The molecule has 162 valence electrons. The predicted octanol–water partition coefficient (Wildman–Crippen LogP) is 2.72. The number of hydrogen-bond acceptors (Lipinski definition) is 4. The lowest BCUT2D eigenvalue weighted by Gasteiger charge is -2.33. The largest absolute Gasteiger partial charge is 0.416 e. The first-order valence-corrected chi connectivity index (χ1v) is 9.84. The average Bonchev–Trinajstić information content (AvgIpc) is 2.74. The minimum Gasteiger partial charge on any atom is -0.354 e. The Hall–Kier alpha value is -2.81. The van der Waals surface area contributed by atoms with Crippen LogP contribution in [0.4, 0.5) is 19.0 Å². The van der Waals surface area contributed by atoms with Crippen LogP contribution in [0.5, 0.6) is 0 Å². The third-order valence-corrected chi connectivity index (χ3v) is 5.03. The maximum absolute atomic E-state index is 12.8. The maximum Gasteiger partial charge on any atom is 0.416 e. The summed E-state index contributed by atoms with van der Waals surface area (Å²) in [7, 11) is 3.74. The Labute approximate surface area is 174 Å². The van der Waals surface area contributed by atoms with E-state index in [0.717, 1.165) is 49.7 Å². The molecule has 1 aliphatic rings. The number of hydrogen-bond donors (Lipinski definition) is 2. The van der Waals surface area contributed by atoms with Gasteiger partial charge in [0.1, 0.15) is 5.82 Å². The molecule has 0 spiro atoms. The molecular weight excluding hydrogens is 393 g/mol. The first-order valence-electron chi connectivity index (χ1n) is 9.84. The van der Waals surface area contributed by atoms with Crippen molar-refractivity contribution in [2.45, 2.75) is 19.3 Å². The number of nitrogens with zero attached hydrogens (tertiary/aromatic N) is 4. The second kappa shape index (κ2) is 9.80. The van der Waals surface area contributed by atoms with Crippen LogP contribution in [-0.2, 0) is 19.3 Å². The lowest BCUT2D eigenvalue weighted by molar-refractivity contribution is -0.137. The quantitative estimate of drug-likeness (QED) is 0.576. The SMILES string of the molecule is CN=C(NCc1ccc(N2CCN(C)CC2)nc1)NCc1cccc(C(F)(F)F)c1. The van der Waals surface area contributed by atoms with E-state index in [1.807, 2.05) is 18.3 Å². The van der Waals surface area contributed by atoms with Gasteiger partial charge >= 0.3 is 6.18 Å². The summed E-state index contributed by atoms with van der Waals surface area (Å²) in [4.78, 5) is 13.3. The Morgan fingerprint density at radius 1 is 1.03 bits per heavy atom. The van der Waals surface area contributed by atoms with Gasteiger partial charge in [-0.1, -0.05) is 18.2 Å². The van der Waals surface area contributed by atoms with E-state index < -0.39 is 11.7 Å². The number of nitrogens with one attached hydrogen (secondary N) is 2. The molecule has 3 rings (SSSR count). The van der Waals surface area contributed by atoms with Gasteiger partial charge in [-0.2, -0.15) is 13.2 Å². The van der Waals surface area contributed by atoms with Gasteiger partial charge < -0.3 is 20.4 Å². The third-order valence-electron chi connectivity index (χ3n) is 5.03. The number of guanidine groups is 1. The number of benzene rings is 1. The van der Waals surface area contributed by atoms with Gasteiger partial charge in [-0.25, -0.2) is 4.98 Å². The van der Waals surface area contributed by atoms with Crippen molar-refractivity contribution in [2.75, 3.05) is 45.2 Å². The summed E-state index contributed by atoms with van der Waals surface area (Å²) in [6.07, 6.45) is -2.51. The summed E-state index contributed by atoms with van der Waals surface area (Å²) >= 11 is 0. The van der Waals surface area contributed by atoms with Crippen molar-refractivity contribution in [3.05, 3.63) is 59.3 Å². The number of piperazine rings is 1. The normalized spacial score (nSPS) is 15.9. The van der Waals surface area contributed by atoms with Crippen LogP contribution in [0.25, 0.3) is 0 Å². The van der Waals surface area contributed by atoms with Crippen molar-refractivity contribution >= 4 is 11.8 Å². The van der Waals surface area contributed by atoms with E-state index in [9.17, 15) is 13.2 Å². The summed E-state index contributed by atoms with van der Waals surface area (Å²) in [5, 5.41) is 6.20. The lowest BCUT2D eigenvalue weighted by Crippen LogP contribution is -2.44. The molecule has 1 aromatic heterocycles. The third kappa shape index (κ3) is 6.09. The van der Waals surface area contributed by atoms with Crippen molar-refractivity contribution < 1.29 is 13.2 Å². The minimum absolute atomic E-state index is 0.240. The highest BCUT2D eigenvalue weighted by Crippen LogP contribution is 2.29. The van der Waals surface area contributed by atoms with E-state index in [-0.39, 0.29) is 6.54 Å². The van der Waals surface area contributed by atoms with E-state index in [0.29, 0.717) is 18.1 Å². The topological polar surface area (TPSA) is 55.8 Å². The Bertz CT molecular complexity index is 843. The van der Waals surface area contributed by atoms with Crippen molar-refractivity contribution in [3.8, 4) is 0 Å². The Balaban J connectivity index is 1.50. The molecule has 1 fully saturated rings. The zero-order valence-corrected chi connectivity index (χ0v) is 17.2. The zero-order valence-electron chi connectivity index (χ0n) is 17.2. The number of rotatable bonds is 5. The van der Waals surface area contributed by atoms with Crippen molar-refractivity contribution in [1.29, 1.82) is 0 Å². The van der Waals surface area contributed by atoms with Gasteiger partial charge in [-0.05, 0) is 36.4 Å². The molecule has 0 amide bonds. The van der Waals surface area contributed by atoms with Gasteiger partial charge in [0.2, 0.25) is 0 Å². The summed E-state index contributed by atoms with van der Waals surface area (Å²) in [5.41, 5.74) is 0.872. The number of anilines is 1. The zero-order chi connectivity index (χ0) is 21.6. The number of alkyl halides is 3. The average molecular weight is 420 g/mol. The smallest absolute Gasteiger partial charge is 0.354 e. The van der Waals surface area contributed by atoms with Gasteiger partial charge in [-0.15, -0.1) is 0 Å². The van der Waals surface area contributed by atoms with Gasteiger partial charge in [-0.3, -0.25) is 4.99 Å². The van der Waals surface area contributed by atoms with E-state index in [2.05, 4.69) is 37.5 Å². The van der Waals surface area contributed by atoms with E-state index in [1.54, 1.807) is 13.1 Å². The summed E-state index contributed by atoms with van der Waals surface area (Å²) in [6, 6.07) is 9.30. The molecule has 6 nitrogen and oxygen atoms in total. The van der Waals surface area contributed by atoms with Crippen LogP contribution in [0, 0.1) is 0 Å². The molecule has 2 aromatic rings. The number of halogens is 3. The molecule has 2 heterocycles. The maximum atomic E-state index is 12.8. The molecule has 0 radical (unpaired) electrons. The Morgan fingerprint density at radius 2 is 1.73 bits per heavy atom. The van der Waals surface area contributed by atoms with Crippen LogP contribution in [-0.4, -0.2) is 56.1 Å². The van der Waals surface area contributed by atoms with Crippen molar-refractivity contribution in [3.63, 3.8) is 0 Å². The van der Waals surface area contributed by atoms with Gasteiger partial charge in [0.15, 0.2) is 5.96 Å². The van der Waals surface area contributed by atoms with Crippen LogP contribution in [0.1, 0.15) is 16.7 Å². The fraction of sp³-hybridized carbons (Fsp3) is 0.429. The van der Waals surface area contributed by atoms with Gasteiger partial charge in [0.25, 0.3) is 0 Å². The van der Waals surface area contributed by atoms with Crippen molar-refractivity contribution in [1.82, 2.24) is 20.5 Å². The molecule has 30 heavy (non-hydrogen) atoms. The molecule has 0 bridgehead atoms. The van der Waals surface area contributed by atoms with Gasteiger partial charge in [0.05, 0.1) is 5.56 Å². The highest BCUT2D eigenvalue weighted by atomic mass is 19.4. The molecule has 0 saturated carbocycles. The molecule has 9 heteroatoms. The number of aliphatic imine (C=N–C) groups is 1. The van der Waals surface area contributed by atoms with Crippen LogP contribution in [0.15, 0.2) is 47.6 Å². The summed E-state index contributed by atoms with van der Waals surface area (Å²) in [5.74, 6) is 1.48. The van der Waals surface area contributed by atoms with E-state index >= 15 is 0 Å². The van der Waals surface area contributed by atoms with Crippen LogP contribution < -0.4 is 15.5 Å². The first-order chi connectivity index (χ1) is 14.3. The van der Waals surface area contributed by atoms with Gasteiger partial charge in [0, 0.05) is 52.5 Å². The summed E-state index contributed by atoms with van der Waals surface area (Å²) < 4.78 is 38.5. The molecule has 0 unspecified atom stereocenters. The Morgan fingerprint density at radius 3 is 2.33 bits per heavy atom. The minimum atomic E-state index is -4.35. The second-order valence-corrected chi connectivity index (χ2v) is 7.29. The molecule has 0 atom stereocenters. The van der Waals surface area contributed by atoms with Crippen molar-refractivity contribution in [2.24, 2.45) is 4.99 Å². The highest BCUT2D eigenvalue weighted by Gasteiger charge is 2.30. The fourth-order valence-corrected chi connectivity index (χ4v) is 3.19. The fourth-order valence-electron chi connectivity index (χ4n) is 3.19. The molecule has 0 aliphatic carbocycles. The lowest BCUT2D eigenvalue weighted by atomic mass is 10.1. The monoisotopic (exact) mass is 420 g/mol. The molecule has 1 saturated heterocycles. The van der Waals surface area contributed by atoms with Crippen LogP contribution in [0.3, 0.4) is 0 Å². The summed E-state index contributed by atoms with van der Waals surface area (Å²) in [6.45, 7) is 4.74. The van der Waals surface area contributed by atoms with Crippen LogP contribution >= 0.6 is 0 Å². The molecular formula is C21H27F3N6. The number of aromatic nitrogens is 1. The standard InChI is InChI=1S/C21H27F3N6/c1-25-20(27-13-16-4-3-5-18(12-16)21(22,23)24)28-15-17-6-7-19(26-14-17)30-10-8-29(2)9-11-30/h3-7,12,14H,8-11,13,15H2,1-2H3,(H2,25,27,28). The number of pyridine rings is 1. The van der Waals surface area contributed by atoms with E-state index in [1.165, 1.54) is 6.07 Å². The highest BCUT2D eigenvalue weighted by molar-refractivity contribution is 5.79. The van der Waals surface area contributed by atoms with E-state index in [4.69, 9.17) is 0 Å². The Kier molecular flexibility index (Phi) is 7.15. The molecule has 1 aromatic carbocycles. The molecule has 1 aliphatic heterocycles. The second-order valence-electron chi connectivity index (χ2n) is 7.29. The van der Waals surface area contributed by atoms with Crippen LogP contribution in [0.2, 0.25) is 0 Å². The molecule has 2 N–H and O–H groups in total. The predicted molar refractivity (Wildman–Crippen MR) is 112 cm³/mol. The first kappa shape index (κ1) is 21.9. The number of likely N-dealkylation sites (N-methyl/N-ethyl adjacent to an activating group) is 1.